The van der Waals surface area contributed by atoms with Crippen molar-refractivity contribution in [2.45, 2.75) is 57.1 Å². The van der Waals surface area contributed by atoms with Crippen LogP contribution >= 0.6 is 39.1 Å². The fourth-order valence-corrected chi connectivity index (χ4v) is 6.80. The minimum Gasteiger partial charge on any atom is -0.352 e. The summed E-state index contributed by atoms with van der Waals surface area (Å²) < 4.78 is 30.1. The lowest BCUT2D eigenvalue weighted by atomic mass is 10.0. The summed E-state index contributed by atoms with van der Waals surface area (Å²) in [5.41, 5.74) is 2.67. The Labute approximate surface area is 289 Å². The molecule has 7 nitrogen and oxygen atoms in total. The first kappa shape index (κ1) is 35.5. The van der Waals surface area contributed by atoms with Gasteiger partial charge in [-0.15, -0.1) is 0 Å². The fraction of sp³-hybridized carbons (Fsp3) is 0.257. The molecule has 11 heteroatoms. The van der Waals surface area contributed by atoms with Crippen molar-refractivity contribution in [2.24, 2.45) is 0 Å². The molecule has 4 aromatic carbocycles. The molecule has 242 valence electrons. The van der Waals surface area contributed by atoms with E-state index < -0.39 is 28.5 Å². The van der Waals surface area contributed by atoms with Gasteiger partial charge in [0.15, 0.2) is 0 Å². The van der Waals surface area contributed by atoms with E-state index in [2.05, 4.69) is 21.2 Å². The van der Waals surface area contributed by atoms with Crippen LogP contribution in [-0.2, 0) is 32.6 Å². The number of amides is 2. The Bertz CT molecular complexity index is 1760. The molecular weight excluding hydrogens is 709 g/mol. The minimum absolute atomic E-state index is 0.0140. The third kappa shape index (κ3) is 9.12. The van der Waals surface area contributed by atoms with Crippen LogP contribution in [0.25, 0.3) is 0 Å². The van der Waals surface area contributed by atoms with Gasteiger partial charge in [-0.2, -0.15) is 0 Å². The predicted molar refractivity (Wildman–Crippen MR) is 189 cm³/mol. The van der Waals surface area contributed by atoms with E-state index in [0.29, 0.717) is 27.7 Å². The van der Waals surface area contributed by atoms with E-state index in [1.54, 1.807) is 54.6 Å². The number of hydrogen-bond acceptors (Lipinski definition) is 4. The normalized spacial score (nSPS) is 12.7. The fourth-order valence-electron chi connectivity index (χ4n) is 4.80. The van der Waals surface area contributed by atoms with Crippen molar-refractivity contribution in [3.63, 3.8) is 0 Å². The maximum Gasteiger partial charge on any atom is 0.264 e. The second kappa shape index (κ2) is 16.0. The molecule has 0 spiro atoms. The molecule has 0 saturated heterocycles. The zero-order valence-electron chi connectivity index (χ0n) is 25.8. The molecule has 0 unspecified atom stereocenters. The Morgan fingerprint density at radius 3 is 2.13 bits per heavy atom. The van der Waals surface area contributed by atoms with E-state index in [1.807, 2.05) is 51.1 Å². The molecule has 0 radical (unpaired) electrons. The first-order valence-corrected chi connectivity index (χ1v) is 17.8. The largest absolute Gasteiger partial charge is 0.352 e. The quantitative estimate of drug-likeness (QED) is 0.151. The number of halogens is 3. The van der Waals surface area contributed by atoms with Gasteiger partial charge in [0.25, 0.3) is 10.0 Å². The van der Waals surface area contributed by atoms with Crippen LogP contribution in [0.1, 0.15) is 37.0 Å². The summed E-state index contributed by atoms with van der Waals surface area (Å²) in [4.78, 5) is 29.9. The lowest BCUT2D eigenvalue weighted by Gasteiger charge is -2.34. The number of nitrogens with one attached hydrogen (secondary N) is 1. The standard InChI is InChI=1S/C35H36BrCl2N3O4S/c1-4-25(3)39-35(43)33(21-26-8-6-5-7-9-26)40(22-27-12-19-31(37)32(38)20-27)34(42)23-41(29-15-13-28(36)14-16-29)46(44,45)30-17-10-24(2)11-18-30/h5-20,25,33H,4,21-23H2,1-3H3,(H,39,43)/t25-,33+/m1/s1. The summed E-state index contributed by atoms with van der Waals surface area (Å²) in [6, 6.07) is 26.4. The Kier molecular flexibility index (Phi) is 12.3. The number of hydrogen-bond donors (Lipinski definition) is 1. The van der Waals surface area contributed by atoms with Crippen LogP contribution in [0.15, 0.2) is 106 Å². The third-order valence-corrected chi connectivity index (χ3v) is 10.7. The number of rotatable bonds is 13. The van der Waals surface area contributed by atoms with Crippen LogP contribution in [0, 0.1) is 6.92 Å². The topological polar surface area (TPSA) is 86.8 Å². The molecule has 0 saturated carbocycles. The monoisotopic (exact) mass is 743 g/mol. The maximum absolute atomic E-state index is 14.5. The second-order valence-electron chi connectivity index (χ2n) is 11.1. The van der Waals surface area contributed by atoms with Crippen LogP contribution < -0.4 is 9.62 Å². The summed E-state index contributed by atoms with van der Waals surface area (Å²) in [7, 11) is -4.19. The summed E-state index contributed by atoms with van der Waals surface area (Å²) in [5, 5.41) is 3.68. The van der Waals surface area contributed by atoms with Gasteiger partial charge in [-0.25, -0.2) is 8.42 Å². The Morgan fingerprint density at radius 2 is 1.52 bits per heavy atom. The number of benzene rings is 4. The van der Waals surface area contributed by atoms with Gasteiger partial charge in [0.05, 0.1) is 20.6 Å². The van der Waals surface area contributed by atoms with Gasteiger partial charge in [-0.1, -0.05) is 100 Å². The molecular formula is C35H36BrCl2N3O4S. The van der Waals surface area contributed by atoms with Gasteiger partial charge in [-0.05, 0) is 79.9 Å². The van der Waals surface area contributed by atoms with E-state index in [4.69, 9.17) is 23.2 Å². The Morgan fingerprint density at radius 1 is 0.870 bits per heavy atom. The van der Waals surface area contributed by atoms with Crippen LogP contribution in [-0.4, -0.2) is 43.8 Å². The molecule has 46 heavy (non-hydrogen) atoms. The highest BCUT2D eigenvalue weighted by Gasteiger charge is 2.35. The van der Waals surface area contributed by atoms with Crippen molar-refractivity contribution in [3.8, 4) is 0 Å². The summed E-state index contributed by atoms with van der Waals surface area (Å²) in [6.07, 6.45) is 0.899. The van der Waals surface area contributed by atoms with Crippen molar-refractivity contribution in [3.05, 3.63) is 128 Å². The first-order valence-electron chi connectivity index (χ1n) is 14.8. The van der Waals surface area contributed by atoms with E-state index in [1.165, 1.54) is 17.0 Å². The maximum atomic E-state index is 14.5. The van der Waals surface area contributed by atoms with Gasteiger partial charge >= 0.3 is 0 Å². The smallest absolute Gasteiger partial charge is 0.264 e. The molecule has 0 aliphatic carbocycles. The molecule has 1 N–H and O–H groups in total. The molecule has 0 fully saturated rings. The third-order valence-electron chi connectivity index (χ3n) is 7.61. The Balaban J connectivity index is 1.82. The van der Waals surface area contributed by atoms with Crippen LogP contribution in [0.2, 0.25) is 10.0 Å². The summed E-state index contributed by atoms with van der Waals surface area (Å²) in [6.45, 7) is 5.15. The molecule has 0 heterocycles. The van der Waals surface area contributed by atoms with Crippen molar-refractivity contribution < 1.29 is 18.0 Å². The van der Waals surface area contributed by atoms with Crippen LogP contribution in [0.5, 0.6) is 0 Å². The van der Waals surface area contributed by atoms with E-state index in [-0.39, 0.29) is 29.8 Å². The molecule has 2 atom stereocenters. The predicted octanol–water partition coefficient (Wildman–Crippen LogP) is 7.81. The highest BCUT2D eigenvalue weighted by atomic mass is 79.9. The molecule has 0 aromatic heterocycles. The second-order valence-corrected chi connectivity index (χ2v) is 14.7. The summed E-state index contributed by atoms with van der Waals surface area (Å²) in [5.74, 6) is -0.909. The SMILES string of the molecule is CC[C@@H](C)NC(=O)[C@H](Cc1ccccc1)N(Cc1ccc(Cl)c(Cl)c1)C(=O)CN(c1ccc(Br)cc1)S(=O)(=O)c1ccc(C)cc1. The number of sulfonamides is 1. The molecule has 2 amide bonds. The van der Waals surface area contributed by atoms with Gasteiger partial charge in [0.2, 0.25) is 11.8 Å². The van der Waals surface area contributed by atoms with Crippen molar-refractivity contribution >= 4 is 66.7 Å². The zero-order chi connectivity index (χ0) is 33.4. The van der Waals surface area contributed by atoms with Crippen LogP contribution in [0.3, 0.4) is 0 Å². The Hall–Kier alpha value is -3.37. The summed E-state index contributed by atoms with van der Waals surface area (Å²) >= 11 is 15.9. The van der Waals surface area contributed by atoms with Gasteiger partial charge in [-0.3, -0.25) is 13.9 Å². The zero-order valence-corrected chi connectivity index (χ0v) is 29.7. The molecule has 0 aliphatic rings. The van der Waals surface area contributed by atoms with Crippen molar-refractivity contribution in [1.29, 1.82) is 0 Å². The number of aryl methyl sites for hydroxylation is 1. The number of carbonyl (C=O) groups is 2. The number of anilines is 1. The molecule has 0 aliphatic heterocycles. The highest BCUT2D eigenvalue weighted by Crippen LogP contribution is 2.28. The number of nitrogens with zero attached hydrogens (tertiary/aromatic N) is 2. The van der Waals surface area contributed by atoms with E-state index in [0.717, 1.165) is 19.9 Å². The van der Waals surface area contributed by atoms with Crippen molar-refractivity contribution in [2.75, 3.05) is 10.8 Å². The lowest BCUT2D eigenvalue weighted by Crippen LogP contribution is -2.54. The van der Waals surface area contributed by atoms with Gasteiger partial charge in [0, 0.05) is 23.5 Å². The van der Waals surface area contributed by atoms with E-state index >= 15 is 0 Å². The first-order chi connectivity index (χ1) is 21.9. The molecule has 4 rings (SSSR count). The average Bonchev–Trinajstić information content (AvgIpc) is 3.04. The van der Waals surface area contributed by atoms with Crippen LogP contribution in [0.4, 0.5) is 5.69 Å². The van der Waals surface area contributed by atoms with Gasteiger partial charge in [0.1, 0.15) is 12.6 Å². The van der Waals surface area contributed by atoms with Crippen molar-refractivity contribution in [1.82, 2.24) is 10.2 Å². The number of carbonyl (C=O) groups excluding carboxylic acids is 2. The van der Waals surface area contributed by atoms with Gasteiger partial charge < -0.3 is 10.2 Å². The lowest BCUT2D eigenvalue weighted by molar-refractivity contribution is -0.140. The molecule has 0 bridgehead atoms. The average molecular weight is 746 g/mol. The molecule has 4 aromatic rings. The van der Waals surface area contributed by atoms with E-state index in [9.17, 15) is 18.0 Å². The highest BCUT2D eigenvalue weighted by molar-refractivity contribution is 9.10. The minimum atomic E-state index is -4.19.